The monoisotopic (exact) mass is 417 g/mol. The van der Waals surface area contributed by atoms with Crippen LogP contribution in [0, 0.1) is 5.92 Å². The normalized spacial score (nSPS) is 11.8. The van der Waals surface area contributed by atoms with E-state index in [0.717, 1.165) is 24.8 Å². The number of nitrogens with one attached hydrogen (secondary N) is 1. The summed E-state index contributed by atoms with van der Waals surface area (Å²) in [7, 11) is 3.75. The number of allylic oxidation sites excluding steroid dienone is 2. The fraction of sp³-hybridized carbons (Fsp3) is 0.667. The van der Waals surface area contributed by atoms with Gasteiger partial charge < -0.3 is 10.4 Å². The molecule has 0 saturated heterocycles. The van der Waals surface area contributed by atoms with E-state index in [1.807, 2.05) is 44.4 Å². The molecule has 0 aliphatic heterocycles. The van der Waals surface area contributed by atoms with Crippen LogP contribution in [0.3, 0.4) is 0 Å². The molecule has 0 amide bonds. The smallest absolute Gasteiger partial charge is 0.306 e. The minimum Gasteiger partial charge on any atom is -0.481 e. The molecule has 0 radical (unpaired) electrons. The number of aliphatic carboxylic acids is 1. The lowest BCUT2D eigenvalue weighted by Gasteiger charge is -2.12. The van der Waals surface area contributed by atoms with Crippen LogP contribution in [0.4, 0.5) is 0 Å². The topological polar surface area (TPSA) is 49.3 Å². The molecular formula is C27H47NO2. The fourth-order valence-corrected chi connectivity index (χ4v) is 3.50. The van der Waals surface area contributed by atoms with Gasteiger partial charge in [-0.15, -0.1) is 0 Å². The average Bonchev–Trinajstić information content (AvgIpc) is 2.74. The molecule has 0 aliphatic rings. The van der Waals surface area contributed by atoms with E-state index in [1.54, 1.807) is 0 Å². The van der Waals surface area contributed by atoms with E-state index in [9.17, 15) is 9.90 Å². The van der Waals surface area contributed by atoms with Crippen molar-refractivity contribution in [2.24, 2.45) is 5.92 Å². The average molecular weight is 418 g/mol. The number of carbonyl (C=O) groups is 1. The van der Waals surface area contributed by atoms with Crippen LogP contribution in [0.5, 0.6) is 0 Å². The predicted molar refractivity (Wildman–Crippen MR) is 131 cm³/mol. The van der Waals surface area contributed by atoms with Crippen molar-refractivity contribution in [3.63, 3.8) is 0 Å². The van der Waals surface area contributed by atoms with E-state index in [1.165, 1.54) is 64.2 Å². The van der Waals surface area contributed by atoms with E-state index in [-0.39, 0.29) is 5.92 Å². The molecule has 30 heavy (non-hydrogen) atoms. The van der Waals surface area contributed by atoms with Gasteiger partial charge in [0.2, 0.25) is 0 Å². The van der Waals surface area contributed by atoms with Crippen LogP contribution in [0.15, 0.2) is 42.5 Å². The van der Waals surface area contributed by atoms with Gasteiger partial charge in [-0.3, -0.25) is 4.79 Å². The lowest BCUT2D eigenvalue weighted by Crippen LogP contribution is -2.16. The third kappa shape index (κ3) is 18.4. The Morgan fingerprint density at radius 3 is 1.90 bits per heavy atom. The molecular weight excluding hydrogens is 370 g/mol. The third-order valence-corrected chi connectivity index (χ3v) is 5.24. The van der Waals surface area contributed by atoms with Gasteiger partial charge in [0.25, 0.3) is 0 Å². The summed E-state index contributed by atoms with van der Waals surface area (Å²) >= 11 is 0. The SMILES string of the molecule is CCCCCCCCC=CCCCCCCC(Cc1ccccc1)C(=O)O.CNC. The van der Waals surface area contributed by atoms with Gasteiger partial charge in [0.1, 0.15) is 0 Å². The van der Waals surface area contributed by atoms with Crippen LogP contribution in [-0.2, 0) is 11.2 Å². The van der Waals surface area contributed by atoms with Crippen molar-refractivity contribution < 1.29 is 9.90 Å². The maximum absolute atomic E-state index is 11.5. The maximum Gasteiger partial charge on any atom is 0.306 e. The minimum atomic E-state index is -0.656. The molecule has 1 aromatic carbocycles. The molecule has 0 bridgehead atoms. The number of hydrogen-bond acceptors (Lipinski definition) is 2. The molecule has 0 spiro atoms. The van der Waals surface area contributed by atoms with E-state index < -0.39 is 5.97 Å². The summed E-state index contributed by atoms with van der Waals surface area (Å²) < 4.78 is 0. The highest BCUT2D eigenvalue weighted by atomic mass is 16.4. The van der Waals surface area contributed by atoms with Gasteiger partial charge >= 0.3 is 5.97 Å². The zero-order chi connectivity index (χ0) is 22.3. The molecule has 0 aliphatic carbocycles. The van der Waals surface area contributed by atoms with Gasteiger partial charge in [0, 0.05) is 0 Å². The number of carboxylic acids is 1. The maximum atomic E-state index is 11.5. The molecule has 1 rings (SSSR count). The summed E-state index contributed by atoms with van der Waals surface area (Å²) in [4.78, 5) is 11.5. The van der Waals surface area contributed by atoms with E-state index in [4.69, 9.17) is 0 Å². The highest BCUT2D eigenvalue weighted by Crippen LogP contribution is 2.17. The molecule has 2 N–H and O–H groups in total. The molecule has 0 aromatic heterocycles. The lowest BCUT2D eigenvalue weighted by atomic mass is 9.93. The van der Waals surface area contributed by atoms with Gasteiger partial charge in [-0.05, 0) is 58.2 Å². The summed E-state index contributed by atoms with van der Waals surface area (Å²) in [5.41, 5.74) is 1.13. The van der Waals surface area contributed by atoms with Crippen molar-refractivity contribution in [2.75, 3.05) is 14.1 Å². The standard InChI is InChI=1S/C25H40O2.C2H7N/c1-2-3-4-5-6-7-8-9-10-11-12-13-14-18-21-24(25(26)27)22-23-19-16-15-17-20-23;1-3-2/h9-10,15-17,19-20,24H,2-8,11-14,18,21-22H2,1H3,(H,26,27);3H,1-2H3. The first-order valence-corrected chi connectivity index (χ1v) is 12.2. The van der Waals surface area contributed by atoms with Crippen LogP contribution in [0.25, 0.3) is 0 Å². The van der Waals surface area contributed by atoms with Crippen molar-refractivity contribution in [1.29, 1.82) is 0 Å². The van der Waals surface area contributed by atoms with E-state index in [2.05, 4.69) is 24.4 Å². The molecule has 172 valence electrons. The van der Waals surface area contributed by atoms with Crippen LogP contribution >= 0.6 is 0 Å². The summed E-state index contributed by atoms with van der Waals surface area (Å²) in [6.07, 6.45) is 21.3. The third-order valence-electron chi connectivity index (χ3n) is 5.24. The first-order valence-electron chi connectivity index (χ1n) is 12.2. The molecule has 3 nitrogen and oxygen atoms in total. The van der Waals surface area contributed by atoms with Crippen molar-refractivity contribution in [2.45, 2.75) is 96.8 Å². The molecule has 1 aromatic rings. The molecule has 0 heterocycles. The van der Waals surface area contributed by atoms with E-state index in [0.29, 0.717) is 6.42 Å². The van der Waals surface area contributed by atoms with E-state index >= 15 is 0 Å². The van der Waals surface area contributed by atoms with Crippen molar-refractivity contribution in [1.82, 2.24) is 5.32 Å². The summed E-state index contributed by atoms with van der Waals surface area (Å²) in [5.74, 6) is -0.902. The summed E-state index contributed by atoms with van der Waals surface area (Å²) in [6, 6.07) is 9.98. The minimum absolute atomic E-state index is 0.246. The van der Waals surface area contributed by atoms with Crippen molar-refractivity contribution >= 4 is 5.97 Å². The Morgan fingerprint density at radius 1 is 0.867 bits per heavy atom. The highest BCUT2D eigenvalue weighted by molar-refractivity contribution is 5.70. The molecule has 0 saturated carbocycles. The second-order valence-corrected chi connectivity index (χ2v) is 8.24. The molecule has 3 heteroatoms. The van der Waals surface area contributed by atoms with Gasteiger partial charge in [0.15, 0.2) is 0 Å². The Bertz CT molecular complexity index is 513. The number of rotatable bonds is 17. The van der Waals surface area contributed by atoms with Gasteiger partial charge in [0.05, 0.1) is 5.92 Å². The van der Waals surface area contributed by atoms with Crippen molar-refractivity contribution in [3.05, 3.63) is 48.0 Å². The summed E-state index contributed by atoms with van der Waals surface area (Å²) in [6.45, 7) is 2.26. The van der Waals surface area contributed by atoms with Crippen LogP contribution in [0.2, 0.25) is 0 Å². The first kappa shape index (κ1) is 28.4. The van der Waals surface area contributed by atoms with Crippen LogP contribution < -0.4 is 5.32 Å². The van der Waals surface area contributed by atoms with Gasteiger partial charge in [-0.1, -0.05) is 101 Å². The molecule has 1 unspecified atom stereocenters. The summed E-state index contributed by atoms with van der Waals surface area (Å²) in [5, 5.41) is 12.2. The number of unbranched alkanes of at least 4 members (excludes halogenated alkanes) is 10. The number of benzene rings is 1. The zero-order valence-electron chi connectivity index (χ0n) is 19.9. The van der Waals surface area contributed by atoms with Crippen molar-refractivity contribution in [3.8, 4) is 0 Å². The Balaban J connectivity index is 0.00000263. The Kier molecular flexibility index (Phi) is 20.9. The number of hydrogen-bond donors (Lipinski definition) is 2. The first-order chi connectivity index (χ1) is 14.7. The molecule has 1 atom stereocenters. The second kappa shape index (κ2) is 22.1. The Hall–Kier alpha value is -1.61. The van der Waals surface area contributed by atoms with Gasteiger partial charge in [-0.2, -0.15) is 0 Å². The Labute approximate surface area is 186 Å². The predicted octanol–water partition coefficient (Wildman–Crippen LogP) is 7.41. The van der Waals surface area contributed by atoms with Gasteiger partial charge in [-0.25, -0.2) is 0 Å². The lowest BCUT2D eigenvalue weighted by molar-refractivity contribution is -0.142. The quantitative estimate of drug-likeness (QED) is 0.205. The molecule has 0 fully saturated rings. The second-order valence-electron chi connectivity index (χ2n) is 8.24. The number of carboxylic acid groups (broad SMARTS) is 1. The van der Waals surface area contributed by atoms with Crippen LogP contribution in [0.1, 0.15) is 96.0 Å². The van der Waals surface area contributed by atoms with Crippen LogP contribution in [-0.4, -0.2) is 25.2 Å². The largest absolute Gasteiger partial charge is 0.481 e. The fourth-order valence-electron chi connectivity index (χ4n) is 3.50. The highest BCUT2D eigenvalue weighted by Gasteiger charge is 2.17. The Morgan fingerprint density at radius 2 is 1.37 bits per heavy atom. The zero-order valence-corrected chi connectivity index (χ0v) is 19.9.